The van der Waals surface area contributed by atoms with Crippen molar-refractivity contribution in [1.82, 2.24) is 9.97 Å². The first-order chi connectivity index (χ1) is 8.28. The highest BCUT2D eigenvalue weighted by atomic mass is 19.1. The molecule has 2 aromatic heterocycles. The summed E-state index contributed by atoms with van der Waals surface area (Å²) in [6, 6.07) is 6.95. The number of fused-ring (bicyclic) bond motifs is 2. The highest BCUT2D eigenvalue weighted by molar-refractivity contribution is 5.93. The van der Waals surface area contributed by atoms with Crippen molar-refractivity contribution in [3.8, 4) is 0 Å². The molecule has 3 aromatic rings. The molecule has 0 saturated carbocycles. The van der Waals surface area contributed by atoms with Crippen LogP contribution in [0.5, 0.6) is 0 Å². The third-order valence-corrected chi connectivity index (χ3v) is 2.51. The summed E-state index contributed by atoms with van der Waals surface area (Å²) < 4.78 is 17.2. The Morgan fingerprint density at radius 1 is 1.29 bits per heavy atom. The average molecular weight is 230 g/mol. The fourth-order valence-electron chi connectivity index (χ4n) is 1.74. The van der Waals surface area contributed by atoms with Crippen molar-refractivity contribution < 1.29 is 8.81 Å². The van der Waals surface area contributed by atoms with Crippen LogP contribution in [0, 0.1) is 0 Å². The quantitative estimate of drug-likeness (QED) is 0.601. The van der Waals surface area contributed by atoms with Crippen LogP contribution in [0.25, 0.3) is 21.8 Å². The van der Waals surface area contributed by atoms with E-state index in [1.54, 1.807) is 24.4 Å². The first kappa shape index (κ1) is 9.89. The first-order valence-electron chi connectivity index (χ1n) is 5.02. The average Bonchev–Trinajstić information content (AvgIpc) is 2.36. The van der Waals surface area contributed by atoms with Crippen LogP contribution >= 0.6 is 0 Å². The van der Waals surface area contributed by atoms with Gasteiger partial charge in [-0.05, 0) is 18.2 Å². The minimum Gasteiger partial charge on any atom is -0.405 e. The second kappa shape index (κ2) is 3.62. The van der Waals surface area contributed by atoms with E-state index in [1.807, 2.05) is 6.07 Å². The Labute approximate surface area is 94.7 Å². The molecule has 3 rings (SSSR count). The molecule has 0 saturated heterocycles. The predicted octanol–water partition coefficient (Wildman–Crippen LogP) is 2.21. The van der Waals surface area contributed by atoms with E-state index in [2.05, 4.69) is 9.97 Å². The van der Waals surface area contributed by atoms with E-state index in [4.69, 9.17) is 4.42 Å². The zero-order valence-corrected chi connectivity index (χ0v) is 8.68. The number of hydrogen-bond acceptors (Lipinski definition) is 4. The summed E-state index contributed by atoms with van der Waals surface area (Å²) in [5, 5.41) is 1.16. The van der Waals surface area contributed by atoms with E-state index in [-0.39, 0.29) is 5.89 Å². The zero-order valence-electron chi connectivity index (χ0n) is 8.68. The molecule has 0 bridgehead atoms. The van der Waals surface area contributed by atoms with Crippen LogP contribution in [0.4, 0.5) is 4.39 Å². The number of alkyl halides is 1. The Morgan fingerprint density at radius 2 is 2.18 bits per heavy atom. The molecule has 0 spiro atoms. The third kappa shape index (κ3) is 1.56. The molecule has 0 fully saturated rings. The van der Waals surface area contributed by atoms with E-state index in [1.165, 1.54) is 0 Å². The maximum atomic E-state index is 12.4. The lowest BCUT2D eigenvalue weighted by Crippen LogP contribution is -2.04. The third-order valence-electron chi connectivity index (χ3n) is 2.51. The van der Waals surface area contributed by atoms with Gasteiger partial charge >= 0.3 is 5.63 Å². The summed E-state index contributed by atoms with van der Waals surface area (Å²) in [7, 11) is 0. The second-order valence-electron chi connectivity index (χ2n) is 3.59. The minimum absolute atomic E-state index is 0.203. The zero-order chi connectivity index (χ0) is 11.8. The topological polar surface area (TPSA) is 56.0 Å². The lowest BCUT2D eigenvalue weighted by atomic mass is 10.1. The summed E-state index contributed by atoms with van der Waals surface area (Å²) in [4.78, 5) is 19.7. The SMILES string of the molecule is O=c1oc(CF)nc2cc3cccnc3cc12. The van der Waals surface area contributed by atoms with Crippen LogP contribution in [-0.2, 0) is 6.67 Å². The van der Waals surface area contributed by atoms with Crippen LogP contribution < -0.4 is 5.63 Å². The molecule has 0 N–H and O–H groups in total. The molecule has 0 amide bonds. The number of aromatic nitrogens is 2. The standard InChI is InChI=1S/C12H7FN2O2/c13-6-11-15-10-4-7-2-1-3-14-9(7)5-8(10)12(16)17-11/h1-5H,6H2. The Hall–Kier alpha value is -2.30. The molecular formula is C12H7FN2O2. The van der Waals surface area contributed by atoms with Crippen LogP contribution in [0.3, 0.4) is 0 Å². The number of halogens is 1. The normalized spacial score (nSPS) is 11.1. The van der Waals surface area contributed by atoms with Gasteiger partial charge in [0.15, 0.2) is 6.67 Å². The maximum absolute atomic E-state index is 12.4. The van der Waals surface area contributed by atoms with E-state index >= 15 is 0 Å². The molecule has 84 valence electrons. The van der Waals surface area contributed by atoms with Crippen molar-refractivity contribution >= 4 is 21.8 Å². The van der Waals surface area contributed by atoms with E-state index in [0.717, 1.165) is 5.39 Å². The number of hydrogen-bond donors (Lipinski definition) is 0. The van der Waals surface area contributed by atoms with Gasteiger partial charge in [0.05, 0.1) is 16.4 Å². The van der Waals surface area contributed by atoms with Crippen LogP contribution in [0.1, 0.15) is 5.89 Å². The van der Waals surface area contributed by atoms with Crippen molar-refractivity contribution in [2.75, 3.05) is 0 Å². The summed E-state index contributed by atoms with van der Waals surface area (Å²) in [5.74, 6) is -0.203. The highest BCUT2D eigenvalue weighted by Crippen LogP contribution is 2.17. The van der Waals surface area contributed by atoms with Gasteiger partial charge in [-0.3, -0.25) is 4.98 Å². The molecule has 2 heterocycles. The number of nitrogens with zero attached hydrogens (tertiary/aromatic N) is 2. The summed E-state index contributed by atoms with van der Waals surface area (Å²) in [6.07, 6.45) is 1.64. The molecule has 0 aliphatic carbocycles. The van der Waals surface area contributed by atoms with Crippen molar-refractivity contribution in [3.63, 3.8) is 0 Å². The molecule has 0 unspecified atom stereocenters. The molecule has 0 aliphatic heterocycles. The molecule has 0 radical (unpaired) electrons. The Kier molecular flexibility index (Phi) is 2.11. The summed E-state index contributed by atoms with van der Waals surface area (Å²) in [6.45, 7) is -0.893. The molecule has 4 nitrogen and oxygen atoms in total. The second-order valence-corrected chi connectivity index (χ2v) is 3.59. The summed E-state index contributed by atoms with van der Waals surface area (Å²) in [5.41, 5.74) is 0.520. The van der Waals surface area contributed by atoms with Crippen molar-refractivity contribution in [2.24, 2.45) is 0 Å². The van der Waals surface area contributed by atoms with Gasteiger partial charge in [-0.2, -0.15) is 0 Å². The van der Waals surface area contributed by atoms with Crippen molar-refractivity contribution in [2.45, 2.75) is 6.67 Å². The Bertz CT molecular complexity index is 767. The van der Waals surface area contributed by atoms with Gasteiger partial charge in [0.25, 0.3) is 0 Å². The first-order valence-corrected chi connectivity index (χ1v) is 5.02. The van der Waals surface area contributed by atoms with Crippen LogP contribution in [-0.4, -0.2) is 9.97 Å². The summed E-state index contributed by atoms with van der Waals surface area (Å²) >= 11 is 0. The van der Waals surface area contributed by atoms with E-state index < -0.39 is 12.3 Å². The van der Waals surface area contributed by atoms with Gasteiger partial charge in [0.1, 0.15) is 0 Å². The number of benzene rings is 1. The molecule has 5 heteroatoms. The molecule has 0 aliphatic rings. The number of pyridine rings is 1. The fraction of sp³-hybridized carbons (Fsp3) is 0.0833. The van der Waals surface area contributed by atoms with Crippen molar-refractivity contribution in [1.29, 1.82) is 0 Å². The lowest BCUT2D eigenvalue weighted by molar-refractivity contribution is 0.355. The van der Waals surface area contributed by atoms with E-state index in [9.17, 15) is 9.18 Å². The van der Waals surface area contributed by atoms with Crippen LogP contribution in [0.2, 0.25) is 0 Å². The van der Waals surface area contributed by atoms with E-state index in [0.29, 0.717) is 16.4 Å². The van der Waals surface area contributed by atoms with Gasteiger partial charge in [0.2, 0.25) is 5.89 Å². The molecule has 1 aromatic carbocycles. The number of rotatable bonds is 1. The largest absolute Gasteiger partial charge is 0.405 e. The highest BCUT2D eigenvalue weighted by Gasteiger charge is 2.07. The fourth-order valence-corrected chi connectivity index (χ4v) is 1.74. The molecule has 17 heavy (non-hydrogen) atoms. The van der Waals surface area contributed by atoms with Gasteiger partial charge in [0, 0.05) is 11.6 Å². The minimum atomic E-state index is -0.893. The Morgan fingerprint density at radius 3 is 3.00 bits per heavy atom. The Balaban J connectivity index is 2.47. The maximum Gasteiger partial charge on any atom is 0.346 e. The molecular weight excluding hydrogens is 223 g/mol. The van der Waals surface area contributed by atoms with Gasteiger partial charge in [-0.25, -0.2) is 14.2 Å². The smallest absolute Gasteiger partial charge is 0.346 e. The van der Waals surface area contributed by atoms with Gasteiger partial charge < -0.3 is 4.42 Å². The lowest BCUT2D eigenvalue weighted by Gasteiger charge is -2.00. The predicted molar refractivity (Wildman–Crippen MR) is 60.4 cm³/mol. The van der Waals surface area contributed by atoms with Gasteiger partial charge in [-0.15, -0.1) is 0 Å². The van der Waals surface area contributed by atoms with Gasteiger partial charge in [-0.1, -0.05) is 6.07 Å². The van der Waals surface area contributed by atoms with Crippen molar-refractivity contribution in [3.05, 3.63) is 46.8 Å². The monoisotopic (exact) mass is 230 g/mol. The van der Waals surface area contributed by atoms with Crippen LogP contribution in [0.15, 0.2) is 39.7 Å². The molecule has 0 atom stereocenters.